The van der Waals surface area contributed by atoms with E-state index in [-0.39, 0.29) is 18.1 Å². The first-order valence-electron chi connectivity index (χ1n) is 8.38. The molecule has 0 atom stereocenters. The second-order valence-electron chi connectivity index (χ2n) is 6.01. The van der Waals surface area contributed by atoms with Crippen LogP contribution in [0.5, 0.6) is 0 Å². The van der Waals surface area contributed by atoms with E-state index >= 15 is 0 Å². The van der Waals surface area contributed by atoms with Gasteiger partial charge in [0.2, 0.25) is 0 Å². The SMILES string of the molecule is CCN(C)C(=O)c1cccc(C(=O)Nc2cc(COC)cc(C(=O)O)c2)c1. The Morgan fingerprint density at radius 3 is 2.41 bits per heavy atom. The molecular weight excluding hydrogens is 348 g/mol. The van der Waals surface area contributed by atoms with Crippen molar-refractivity contribution in [3.8, 4) is 0 Å². The Kier molecular flexibility index (Phi) is 6.67. The van der Waals surface area contributed by atoms with E-state index in [9.17, 15) is 19.5 Å². The monoisotopic (exact) mass is 370 g/mol. The lowest BCUT2D eigenvalue weighted by Gasteiger charge is -2.15. The minimum absolute atomic E-state index is 0.0494. The molecule has 2 aromatic carbocycles. The molecule has 0 fully saturated rings. The number of methoxy groups -OCH3 is 1. The molecule has 2 aromatic rings. The summed E-state index contributed by atoms with van der Waals surface area (Å²) in [4.78, 5) is 37.7. The molecular formula is C20H22N2O5. The number of hydrogen-bond donors (Lipinski definition) is 2. The van der Waals surface area contributed by atoms with Crippen LogP contribution in [0.25, 0.3) is 0 Å². The van der Waals surface area contributed by atoms with Gasteiger partial charge in [-0.1, -0.05) is 6.07 Å². The molecule has 0 saturated heterocycles. The molecule has 0 aliphatic heterocycles. The average Bonchev–Trinajstić information content (AvgIpc) is 2.66. The Hall–Kier alpha value is -3.19. The third-order valence-corrected chi connectivity index (χ3v) is 4.00. The number of rotatable bonds is 7. The number of amides is 2. The van der Waals surface area contributed by atoms with Crippen LogP contribution in [0.1, 0.15) is 43.6 Å². The molecule has 7 heteroatoms. The lowest BCUT2D eigenvalue weighted by molar-refractivity contribution is 0.0695. The number of carboxylic acids is 1. The first-order valence-corrected chi connectivity index (χ1v) is 8.38. The van der Waals surface area contributed by atoms with Crippen LogP contribution in [-0.4, -0.2) is 48.5 Å². The Bertz CT molecular complexity index is 863. The molecule has 0 bridgehead atoms. The van der Waals surface area contributed by atoms with Crippen LogP contribution in [0.3, 0.4) is 0 Å². The van der Waals surface area contributed by atoms with E-state index in [1.807, 2.05) is 6.92 Å². The molecule has 2 amide bonds. The lowest BCUT2D eigenvalue weighted by atomic mass is 10.1. The third kappa shape index (κ3) is 5.15. The molecule has 0 spiro atoms. The van der Waals surface area contributed by atoms with Crippen molar-refractivity contribution >= 4 is 23.5 Å². The maximum absolute atomic E-state index is 12.6. The summed E-state index contributed by atoms with van der Waals surface area (Å²) in [5, 5.41) is 11.9. The number of carboxylic acid groups (broad SMARTS) is 1. The van der Waals surface area contributed by atoms with E-state index in [1.165, 1.54) is 25.3 Å². The number of ether oxygens (including phenoxy) is 1. The molecule has 2 N–H and O–H groups in total. The van der Waals surface area contributed by atoms with Gasteiger partial charge in [0.25, 0.3) is 11.8 Å². The molecule has 0 radical (unpaired) electrons. The molecule has 7 nitrogen and oxygen atoms in total. The third-order valence-electron chi connectivity index (χ3n) is 4.00. The van der Waals surface area contributed by atoms with Gasteiger partial charge in [0.05, 0.1) is 12.2 Å². The highest BCUT2D eigenvalue weighted by molar-refractivity contribution is 6.06. The minimum atomic E-state index is -1.10. The number of nitrogens with zero attached hydrogens (tertiary/aromatic N) is 1. The highest BCUT2D eigenvalue weighted by Gasteiger charge is 2.14. The van der Waals surface area contributed by atoms with E-state index in [4.69, 9.17) is 4.74 Å². The molecule has 27 heavy (non-hydrogen) atoms. The number of benzene rings is 2. The maximum atomic E-state index is 12.6. The summed E-state index contributed by atoms with van der Waals surface area (Å²) >= 11 is 0. The standard InChI is InChI=1S/C20H22N2O5/c1-4-22(2)19(24)15-7-5-6-14(10-15)18(23)21-17-9-13(12-27-3)8-16(11-17)20(25)26/h5-11H,4,12H2,1-3H3,(H,21,23)(H,25,26). The van der Waals surface area contributed by atoms with E-state index in [0.717, 1.165) is 0 Å². The van der Waals surface area contributed by atoms with Crippen molar-refractivity contribution in [2.24, 2.45) is 0 Å². The Morgan fingerprint density at radius 1 is 1.07 bits per heavy atom. The summed E-state index contributed by atoms with van der Waals surface area (Å²) in [6.07, 6.45) is 0. The maximum Gasteiger partial charge on any atom is 0.335 e. The summed E-state index contributed by atoms with van der Waals surface area (Å²) in [6, 6.07) is 10.9. The van der Waals surface area contributed by atoms with Gasteiger partial charge in [-0.05, 0) is 48.9 Å². The highest BCUT2D eigenvalue weighted by Crippen LogP contribution is 2.18. The normalized spacial score (nSPS) is 10.3. The van der Waals surface area contributed by atoms with Gasteiger partial charge in [-0.3, -0.25) is 9.59 Å². The van der Waals surface area contributed by atoms with Crippen LogP contribution < -0.4 is 5.32 Å². The highest BCUT2D eigenvalue weighted by atomic mass is 16.5. The van der Waals surface area contributed by atoms with Crippen molar-refractivity contribution in [1.82, 2.24) is 4.90 Å². The zero-order valence-corrected chi connectivity index (χ0v) is 15.5. The Morgan fingerprint density at radius 2 is 1.78 bits per heavy atom. The fourth-order valence-corrected chi connectivity index (χ4v) is 2.50. The summed E-state index contributed by atoms with van der Waals surface area (Å²) in [6.45, 7) is 2.64. The number of hydrogen-bond acceptors (Lipinski definition) is 4. The van der Waals surface area contributed by atoms with E-state index in [2.05, 4.69) is 5.32 Å². The van der Waals surface area contributed by atoms with Crippen molar-refractivity contribution in [3.63, 3.8) is 0 Å². The lowest BCUT2D eigenvalue weighted by Crippen LogP contribution is -2.26. The summed E-state index contributed by atoms with van der Waals surface area (Å²) in [7, 11) is 3.19. The zero-order chi connectivity index (χ0) is 20.0. The van der Waals surface area contributed by atoms with Crippen molar-refractivity contribution in [2.75, 3.05) is 26.0 Å². The van der Waals surface area contributed by atoms with Gasteiger partial charge in [0.15, 0.2) is 0 Å². The fourth-order valence-electron chi connectivity index (χ4n) is 2.50. The summed E-state index contributed by atoms with van der Waals surface area (Å²) < 4.78 is 5.03. The first-order chi connectivity index (χ1) is 12.8. The average molecular weight is 370 g/mol. The van der Waals surface area contributed by atoms with Crippen LogP contribution in [0.15, 0.2) is 42.5 Å². The second kappa shape index (κ2) is 8.95. The van der Waals surface area contributed by atoms with Crippen molar-refractivity contribution < 1.29 is 24.2 Å². The number of nitrogens with one attached hydrogen (secondary N) is 1. The number of anilines is 1. The van der Waals surface area contributed by atoms with Gasteiger partial charge in [-0.15, -0.1) is 0 Å². The topological polar surface area (TPSA) is 95.9 Å². The molecule has 0 heterocycles. The molecule has 142 valence electrons. The van der Waals surface area contributed by atoms with Crippen molar-refractivity contribution in [1.29, 1.82) is 0 Å². The van der Waals surface area contributed by atoms with Crippen LogP contribution in [0.4, 0.5) is 5.69 Å². The zero-order valence-electron chi connectivity index (χ0n) is 15.5. The molecule has 0 aliphatic rings. The Labute approximate surface area is 157 Å². The predicted octanol–water partition coefficient (Wildman–Crippen LogP) is 2.88. The predicted molar refractivity (Wildman–Crippen MR) is 101 cm³/mol. The number of aromatic carboxylic acids is 1. The Balaban J connectivity index is 2.27. The van der Waals surface area contributed by atoms with Crippen LogP contribution in [-0.2, 0) is 11.3 Å². The van der Waals surface area contributed by atoms with E-state index in [0.29, 0.717) is 28.9 Å². The van der Waals surface area contributed by atoms with Gasteiger partial charge in [-0.25, -0.2) is 4.79 Å². The van der Waals surface area contributed by atoms with E-state index < -0.39 is 11.9 Å². The molecule has 0 aromatic heterocycles. The largest absolute Gasteiger partial charge is 0.478 e. The fraction of sp³-hybridized carbons (Fsp3) is 0.250. The van der Waals surface area contributed by atoms with Crippen molar-refractivity contribution in [3.05, 3.63) is 64.7 Å². The smallest absolute Gasteiger partial charge is 0.335 e. The van der Waals surface area contributed by atoms with Gasteiger partial charge in [0, 0.05) is 37.5 Å². The number of carbonyl (C=O) groups is 3. The minimum Gasteiger partial charge on any atom is -0.478 e. The van der Waals surface area contributed by atoms with Gasteiger partial charge in [-0.2, -0.15) is 0 Å². The van der Waals surface area contributed by atoms with Crippen LogP contribution in [0.2, 0.25) is 0 Å². The van der Waals surface area contributed by atoms with Gasteiger partial charge < -0.3 is 20.1 Å². The number of carbonyl (C=O) groups excluding carboxylic acids is 2. The van der Waals surface area contributed by atoms with Crippen LogP contribution in [0, 0.1) is 0 Å². The molecule has 0 aliphatic carbocycles. The molecule has 0 saturated carbocycles. The van der Waals surface area contributed by atoms with Crippen LogP contribution >= 0.6 is 0 Å². The summed E-state index contributed by atoms with van der Waals surface area (Å²) in [5.41, 5.74) is 1.73. The molecule has 0 unspecified atom stereocenters. The van der Waals surface area contributed by atoms with E-state index in [1.54, 1.807) is 36.2 Å². The van der Waals surface area contributed by atoms with Gasteiger partial charge in [0.1, 0.15) is 0 Å². The summed E-state index contributed by atoms with van der Waals surface area (Å²) in [5.74, 6) is -1.71. The van der Waals surface area contributed by atoms with Crippen molar-refractivity contribution in [2.45, 2.75) is 13.5 Å². The first kappa shape index (κ1) is 20.1. The quantitative estimate of drug-likeness (QED) is 0.781. The second-order valence-corrected chi connectivity index (χ2v) is 6.01. The molecule has 2 rings (SSSR count). The van der Waals surface area contributed by atoms with Gasteiger partial charge >= 0.3 is 5.97 Å².